The first-order valence-electron chi connectivity index (χ1n) is 20.3. The Labute approximate surface area is 317 Å². The number of hydrogen-bond donors (Lipinski definition) is 2. The monoisotopic (exact) mass is 751 g/mol. The summed E-state index contributed by atoms with van der Waals surface area (Å²) in [6.45, 7) is 4.49. The van der Waals surface area contributed by atoms with Crippen molar-refractivity contribution < 1.29 is 37.6 Å². The summed E-state index contributed by atoms with van der Waals surface area (Å²) >= 11 is 0. The van der Waals surface area contributed by atoms with E-state index in [4.69, 9.17) is 13.8 Å². The molecule has 10 heteroatoms. The normalized spacial score (nSPS) is 19.1. The summed E-state index contributed by atoms with van der Waals surface area (Å²) in [5.41, 5.74) is 0. The van der Waals surface area contributed by atoms with Gasteiger partial charge in [-0.05, 0) is 70.6 Å². The fraction of sp³-hybridized carbons (Fsp3) is 0.738. The highest BCUT2D eigenvalue weighted by molar-refractivity contribution is 7.45. The smallest absolute Gasteiger partial charge is 0.268 e. The number of quaternary nitrogens is 1. The largest absolute Gasteiger partial charge is 0.756 e. The van der Waals surface area contributed by atoms with Gasteiger partial charge >= 0.3 is 0 Å². The number of phosphoric ester groups is 1. The molecule has 0 aromatic carbocycles. The maximum absolute atomic E-state index is 12.8. The molecule has 2 N–H and O–H groups in total. The number of epoxide rings is 1. The quantitative estimate of drug-likeness (QED) is 0.0221. The Morgan fingerprint density at radius 3 is 2.02 bits per heavy atom. The first-order chi connectivity index (χ1) is 25.0. The van der Waals surface area contributed by atoms with Crippen molar-refractivity contribution in [3.05, 3.63) is 60.8 Å². The summed E-state index contributed by atoms with van der Waals surface area (Å²) in [5, 5.41) is 13.7. The molecule has 1 rings (SSSR count). The van der Waals surface area contributed by atoms with E-state index < -0.39 is 26.6 Å². The number of allylic oxidation sites excluding steroid dienone is 7. The highest BCUT2D eigenvalue weighted by atomic mass is 31.2. The van der Waals surface area contributed by atoms with Crippen LogP contribution in [0.4, 0.5) is 0 Å². The van der Waals surface area contributed by atoms with E-state index in [9.17, 15) is 19.4 Å². The Morgan fingerprint density at radius 1 is 0.769 bits per heavy atom. The van der Waals surface area contributed by atoms with Crippen LogP contribution in [-0.2, 0) is 23.1 Å². The predicted octanol–water partition coefficient (Wildman–Crippen LogP) is 9.04. The van der Waals surface area contributed by atoms with Crippen LogP contribution in [0.15, 0.2) is 60.8 Å². The first kappa shape index (κ1) is 48.2. The molecule has 0 bridgehead atoms. The molecule has 1 aliphatic rings. The number of nitrogens with zero attached hydrogens (tertiary/aromatic N) is 1. The number of hydrogen-bond acceptors (Lipinski definition) is 7. The van der Waals surface area contributed by atoms with Gasteiger partial charge in [0.05, 0.1) is 52.1 Å². The molecule has 1 heterocycles. The van der Waals surface area contributed by atoms with E-state index in [1.165, 1.54) is 57.8 Å². The summed E-state index contributed by atoms with van der Waals surface area (Å²) in [4.78, 5) is 25.2. The number of unbranched alkanes of at least 4 members (excludes halogenated alkanes) is 11. The molecule has 0 aromatic rings. The van der Waals surface area contributed by atoms with E-state index in [-0.39, 0.29) is 18.9 Å². The van der Waals surface area contributed by atoms with Crippen molar-refractivity contribution in [3.63, 3.8) is 0 Å². The van der Waals surface area contributed by atoms with Crippen molar-refractivity contribution in [2.24, 2.45) is 0 Å². The summed E-state index contributed by atoms with van der Waals surface area (Å²) in [7, 11) is 1.19. The van der Waals surface area contributed by atoms with Crippen molar-refractivity contribution in [2.75, 3.05) is 40.9 Å². The van der Waals surface area contributed by atoms with Crippen LogP contribution in [0.3, 0.4) is 0 Å². The van der Waals surface area contributed by atoms with E-state index in [1.807, 2.05) is 27.2 Å². The van der Waals surface area contributed by atoms with Crippen LogP contribution in [0.25, 0.3) is 0 Å². The van der Waals surface area contributed by atoms with Gasteiger partial charge < -0.3 is 33.6 Å². The number of aliphatic hydroxyl groups is 1. The van der Waals surface area contributed by atoms with Gasteiger partial charge in [0.2, 0.25) is 5.91 Å². The van der Waals surface area contributed by atoms with Crippen molar-refractivity contribution in [1.29, 1.82) is 0 Å². The Hall–Kier alpha value is -1.84. The van der Waals surface area contributed by atoms with Gasteiger partial charge in [0.25, 0.3) is 7.82 Å². The van der Waals surface area contributed by atoms with Gasteiger partial charge in [-0.15, -0.1) is 0 Å². The number of carbonyl (C=O) groups is 1. The van der Waals surface area contributed by atoms with Crippen LogP contribution in [0.1, 0.15) is 136 Å². The minimum absolute atomic E-state index is 0.0219. The molecule has 0 aliphatic carbocycles. The Kier molecular flexibility index (Phi) is 28.2. The number of phosphoric acid groups is 1. The average molecular weight is 751 g/mol. The molecular formula is C42H75N2O7P. The van der Waals surface area contributed by atoms with Crippen LogP contribution in [0.5, 0.6) is 0 Å². The molecule has 1 fully saturated rings. The number of aliphatic hydroxyl groups excluding tert-OH is 1. The second-order valence-corrected chi connectivity index (χ2v) is 16.4. The molecule has 3 unspecified atom stereocenters. The molecule has 52 heavy (non-hydrogen) atoms. The van der Waals surface area contributed by atoms with E-state index in [2.05, 4.69) is 67.8 Å². The summed E-state index contributed by atoms with van der Waals surface area (Å²) in [6, 6.07) is -0.936. The summed E-state index contributed by atoms with van der Waals surface area (Å²) < 4.78 is 28.8. The van der Waals surface area contributed by atoms with Gasteiger partial charge in [0, 0.05) is 6.42 Å². The van der Waals surface area contributed by atoms with Crippen LogP contribution in [0, 0.1) is 0 Å². The zero-order chi connectivity index (χ0) is 38.3. The number of ether oxygens (including phenoxy) is 1. The zero-order valence-corrected chi connectivity index (χ0v) is 34.3. The Morgan fingerprint density at radius 2 is 1.31 bits per heavy atom. The lowest BCUT2D eigenvalue weighted by atomic mass is 10.1. The van der Waals surface area contributed by atoms with Gasteiger partial charge in [-0.2, -0.15) is 0 Å². The standard InChI is InChI=1S/C42H75N2O7P/c1-6-8-10-12-14-15-16-17-18-20-23-27-31-39(45)38(37-50-52(47,48)49-36-35-44(3,4)5)43-42(46)34-30-26-22-19-21-25-29-33-41-40(51-41)32-28-24-13-11-9-7-2/h17-19,22,24-25,27-29,31,38-41,45H,6-16,20-21,23,26,30,32-37H2,1-5H3,(H-,43,46,47,48)/b18-17-,22-19-,28-24-,29-25-,31-27+/t38-,39+,40?,41?/m0/s1. The van der Waals surface area contributed by atoms with E-state index >= 15 is 0 Å². The first-order valence-corrected chi connectivity index (χ1v) is 21.7. The molecule has 5 atom stereocenters. The van der Waals surface area contributed by atoms with Crippen LogP contribution in [0.2, 0.25) is 0 Å². The summed E-state index contributed by atoms with van der Waals surface area (Å²) in [5.74, 6) is -0.270. The molecule has 1 aliphatic heterocycles. The Bertz CT molecular complexity index is 1100. The average Bonchev–Trinajstić information content (AvgIpc) is 3.84. The minimum Gasteiger partial charge on any atom is -0.756 e. The van der Waals surface area contributed by atoms with E-state index in [0.29, 0.717) is 29.7 Å². The molecule has 0 spiro atoms. The molecule has 0 aromatic heterocycles. The third-order valence-electron chi connectivity index (χ3n) is 8.85. The van der Waals surface area contributed by atoms with E-state index in [1.54, 1.807) is 6.08 Å². The second-order valence-electron chi connectivity index (χ2n) is 15.0. The second kappa shape index (κ2) is 30.5. The zero-order valence-electron chi connectivity index (χ0n) is 33.4. The molecule has 0 saturated carbocycles. The Balaban J connectivity index is 2.43. The van der Waals surface area contributed by atoms with Gasteiger partial charge in [-0.1, -0.05) is 120 Å². The third-order valence-corrected chi connectivity index (χ3v) is 9.82. The van der Waals surface area contributed by atoms with Crippen LogP contribution < -0.4 is 10.2 Å². The van der Waals surface area contributed by atoms with Crippen molar-refractivity contribution in [3.8, 4) is 0 Å². The summed E-state index contributed by atoms with van der Waals surface area (Å²) in [6.07, 6.45) is 40.2. The fourth-order valence-corrected chi connectivity index (χ4v) is 6.16. The molecule has 9 nitrogen and oxygen atoms in total. The number of amides is 1. The minimum atomic E-state index is -4.61. The maximum atomic E-state index is 12.8. The lowest BCUT2D eigenvalue weighted by Gasteiger charge is -2.29. The third kappa shape index (κ3) is 29.6. The number of nitrogens with one attached hydrogen (secondary N) is 1. The molecule has 0 radical (unpaired) electrons. The molecular weight excluding hydrogens is 675 g/mol. The topological polar surface area (TPSA) is 120 Å². The van der Waals surface area contributed by atoms with Gasteiger partial charge in [0.15, 0.2) is 0 Å². The molecule has 1 saturated heterocycles. The van der Waals surface area contributed by atoms with E-state index in [0.717, 1.165) is 51.4 Å². The number of likely N-dealkylation sites (N-methyl/N-ethyl adjacent to an activating group) is 1. The van der Waals surface area contributed by atoms with Crippen LogP contribution >= 0.6 is 7.82 Å². The van der Waals surface area contributed by atoms with Crippen molar-refractivity contribution >= 4 is 13.7 Å². The van der Waals surface area contributed by atoms with Gasteiger partial charge in [0.1, 0.15) is 13.2 Å². The van der Waals surface area contributed by atoms with Crippen molar-refractivity contribution in [2.45, 2.75) is 160 Å². The van der Waals surface area contributed by atoms with Crippen LogP contribution in [-0.4, -0.2) is 80.8 Å². The number of carbonyl (C=O) groups excluding carboxylic acids is 1. The highest BCUT2D eigenvalue weighted by Gasteiger charge is 2.36. The van der Waals surface area contributed by atoms with Crippen molar-refractivity contribution in [1.82, 2.24) is 5.32 Å². The lowest BCUT2D eigenvalue weighted by molar-refractivity contribution is -0.870. The highest BCUT2D eigenvalue weighted by Crippen LogP contribution is 2.38. The molecule has 1 amide bonds. The fourth-order valence-electron chi connectivity index (χ4n) is 5.43. The number of rotatable bonds is 34. The van der Waals surface area contributed by atoms with Gasteiger partial charge in [-0.3, -0.25) is 9.36 Å². The SMILES string of the molecule is CCCCC/C=C\CC1OC1C/C=C\C/C=C\CCCC(=O)N[C@@H](COP(=O)([O-])OCC[N+](C)(C)C)[C@H](O)/C=C/CC/C=C\CCCCCCCC. The van der Waals surface area contributed by atoms with Gasteiger partial charge in [-0.25, -0.2) is 0 Å². The molecule has 300 valence electrons. The predicted molar refractivity (Wildman–Crippen MR) is 214 cm³/mol. The maximum Gasteiger partial charge on any atom is 0.268 e. The lowest BCUT2D eigenvalue weighted by Crippen LogP contribution is -2.45.